The molecule has 1 saturated heterocycles. The zero-order chi connectivity index (χ0) is 15.5. The number of amides is 1. The van der Waals surface area contributed by atoms with Crippen LogP contribution in [0, 0.1) is 0 Å². The number of hydrogen-bond acceptors (Lipinski definition) is 5. The minimum atomic E-state index is -0.710. The number of methoxy groups -OCH3 is 1. The van der Waals surface area contributed by atoms with Crippen LogP contribution in [0.3, 0.4) is 0 Å². The smallest absolute Gasteiger partial charge is 0.325 e. The van der Waals surface area contributed by atoms with E-state index in [0.29, 0.717) is 11.5 Å². The molecule has 0 radical (unpaired) electrons. The molecule has 1 aliphatic heterocycles. The normalized spacial score (nSPS) is 20.4. The molecule has 0 spiro atoms. The van der Waals surface area contributed by atoms with Gasteiger partial charge < -0.3 is 18.8 Å². The van der Waals surface area contributed by atoms with Crippen LogP contribution in [-0.2, 0) is 14.3 Å². The second-order valence-electron chi connectivity index (χ2n) is 4.85. The first-order chi connectivity index (χ1) is 10.7. The lowest BCUT2D eigenvalue weighted by Crippen LogP contribution is -2.62. The molecule has 3 rings (SSSR count). The van der Waals surface area contributed by atoms with E-state index < -0.39 is 18.1 Å². The number of esters is 1. The third-order valence-corrected chi connectivity index (χ3v) is 3.52. The Balaban J connectivity index is 1.80. The van der Waals surface area contributed by atoms with Gasteiger partial charge >= 0.3 is 5.97 Å². The molecule has 1 aromatic heterocycles. The number of hydrogen-bond donors (Lipinski definition) is 0. The van der Waals surface area contributed by atoms with Gasteiger partial charge in [0.2, 0.25) is 6.10 Å². The number of para-hydroxylation sites is 1. The number of furan rings is 1. The summed E-state index contributed by atoms with van der Waals surface area (Å²) < 4.78 is 15.7. The van der Waals surface area contributed by atoms with Crippen LogP contribution < -0.4 is 4.74 Å². The topological polar surface area (TPSA) is 69.0 Å². The highest BCUT2D eigenvalue weighted by Gasteiger charge is 2.52. The fraction of sp³-hybridized carbons (Fsp3) is 0.250. The number of carbonyl (C=O) groups is 2. The second-order valence-corrected chi connectivity index (χ2v) is 4.85. The highest BCUT2D eigenvalue weighted by Crippen LogP contribution is 2.37. The van der Waals surface area contributed by atoms with Crippen molar-refractivity contribution >= 4 is 11.9 Å². The maximum atomic E-state index is 12.3. The van der Waals surface area contributed by atoms with Crippen molar-refractivity contribution in [1.82, 2.24) is 4.90 Å². The summed E-state index contributed by atoms with van der Waals surface area (Å²) in [4.78, 5) is 25.1. The molecule has 6 nitrogen and oxygen atoms in total. The summed E-state index contributed by atoms with van der Waals surface area (Å²) in [6.07, 6.45) is 0.812. The lowest BCUT2D eigenvalue weighted by Gasteiger charge is -2.44. The Bertz CT molecular complexity index is 652. The van der Waals surface area contributed by atoms with Crippen LogP contribution in [0.25, 0.3) is 0 Å². The standard InChI is InChI=1S/C16H15NO5/c1-20-13(18)10-17-14(12-8-5-9-21-12)15(16(17)19)22-11-6-3-2-4-7-11/h2-9,14-15H,10H2,1H3/t14-,15+/m1/s1. The van der Waals surface area contributed by atoms with Gasteiger partial charge in [-0.05, 0) is 24.3 Å². The molecule has 2 aromatic rings. The molecule has 6 heteroatoms. The number of nitrogens with zero attached hydrogens (tertiary/aromatic N) is 1. The third-order valence-electron chi connectivity index (χ3n) is 3.52. The molecule has 1 amide bonds. The van der Waals surface area contributed by atoms with Crippen molar-refractivity contribution in [2.75, 3.05) is 13.7 Å². The fourth-order valence-corrected chi connectivity index (χ4v) is 2.42. The van der Waals surface area contributed by atoms with Gasteiger partial charge in [-0.2, -0.15) is 0 Å². The van der Waals surface area contributed by atoms with Crippen LogP contribution in [-0.4, -0.2) is 36.5 Å². The number of likely N-dealkylation sites (tertiary alicyclic amines) is 1. The van der Waals surface area contributed by atoms with Gasteiger partial charge in [-0.1, -0.05) is 18.2 Å². The molecule has 1 aliphatic rings. The first-order valence-electron chi connectivity index (χ1n) is 6.83. The SMILES string of the molecule is COC(=O)CN1C(=O)[C@@H](Oc2ccccc2)[C@H]1c1ccco1. The number of benzene rings is 1. The van der Waals surface area contributed by atoms with E-state index in [0.717, 1.165) is 0 Å². The van der Waals surface area contributed by atoms with Crippen LogP contribution >= 0.6 is 0 Å². The Morgan fingerprint density at radius 1 is 1.23 bits per heavy atom. The van der Waals surface area contributed by atoms with E-state index in [1.807, 2.05) is 18.2 Å². The van der Waals surface area contributed by atoms with Crippen molar-refractivity contribution < 1.29 is 23.5 Å². The van der Waals surface area contributed by atoms with E-state index >= 15 is 0 Å². The molecule has 2 heterocycles. The van der Waals surface area contributed by atoms with E-state index in [1.54, 1.807) is 24.3 Å². The Hall–Kier alpha value is -2.76. The first kappa shape index (κ1) is 14.2. The lowest BCUT2D eigenvalue weighted by atomic mass is 9.95. The number of ether oxygens (including phenoxy) is 2. The van der Waals surface area contributed by atoms with Gasteiger partial charge in [-0.25, -0.2) is 0 Å². The Labute approximate surface area is 127 Å². The van der Waals surface area contributed by atoms with Crippen molar-refractivity contribution in [2.24, 2.45) is 0 Å². The van der Waals surface area contributed by atoms with E-state index in [9.17, 15) is 9.59 Å². The van der Waals surface area contributed by atoms with Crippen molar-refractivity contribution in [3.05, 3.63) is 54.5 Å². The third kappa shape index (κ3) is 2.55. The van der Waals surface area contributed by atoms with Crippen LogP contribution in [0.15, 0.2) is 53.1 Å². The summed E-state index contributed by atoms with van der Waals surface area (Å²) in [5.74, 6) is 0.415. The van der Waals surface area contributed by atoms with Crippen molar-refractivity contribution in [1.29, 1.82) is 0 Å². The number of rotatable bonds is 5. The second kappa shape index (κ2) is 5.93. The van der Waals surface area contributed by atoms with Gasteiger partial charge in [-0.15, -0.1) is 0 Å². The molecule has 114 valence electrons. The van der Waals surface area contributed by atoms with Crippen molar-refractivity contribution in [3.8, 4) is 5.75 Å². The predicted octanol–water partition coefficient (Wildman–Crippen LogP) is 1.78. The van der Waals surface area contributed by atoms with Crippen LogP contribution in [0.5, 0.6) is 5.75 Å². The Morgan fingerprint density at radius 2 is 2.00 bits per heavy atom. The summed E-state index contributed by atoms with van der Waals surface area (Å²) >= 11 is 0. The zero-order valence-electron chi connectivity index (χ0n) is 12.0. The Kier molecular flexibility index (Phi) is 3.82. The fourth-order valence-electron chi connectivity index (χ4n) is 2.42. The molecule has 0 N–H and O–H groups in total. The molecule has 0 aliphatic carbocycles. The maximum Gasteiger partial charge on any atom is 0.325 e. The molecule has 1 aromatic carbocycles. The van der Waals surface area contributed by atoms with Crippen LogP contribution in [0.1, 0.15) is 11.8 Å². The van der Waals surface area contributed by atoms with Gasteiger partial charge in [0, 0.05) is 0 Å². The quantitative estimate of drug-likeness (QED) is 0.622. The largest absolute Gasteiger partial charge is 0.478 e. The molecule has 0 bridgehead atoms. The average Bonchev–Trinajstić information content (AvgIpc) is 3.07. The van der Waals surface area contributed by atoms with Crippen molar-refractivity contribution in [3.63, 3.8) is 0 Å². The summed E-state index contributed by atoms with van der Waals surface area (Å²) in [5.41, 5.74) is 0. The number of β-lactam (4-membered cyclic amide) rings is 1. The van der Waals surface area contributed by atoms with Gasteiger partial charge in [0.05, 0.1) is 13.4 Å². The lowest BCUT2D eigenvalue weighted by molar-refractivity contribution is -0.171. The molecule has 22 heavy (non-hydrogen) atoms. The minimum Gasteiger partial charge on any atom is -0.478 e. The highest BCUT2D eigenvalue weighted by atomic mass is 16.5. The predicted molar refractivity (Wildman–Crippen MR) is 76.0 cm³/mol. The average molecular weight is 301 g/mol. The van der Waals surface area contributed by atoms with Gasteiger partial charge in [0.25, 0.3) is 5.91 Å². The summed E-state index contributed by atoms with van der Waals surface area (Å²) in [7, 11) is 1.28. The summed E-state index contributed by atoms with van der Waals surface area (Å²) in [6.45, 7) is -0.130. The van der Waals surface area contributed by atoms with E-state index in [4.69, 9.17) is 9.15 Å². The number of carbonyl (C=O) groups excluding carboxylic acids is 2. The highest BCUT2D eigenvalue weighted by molar-refractivity contribution is 5.92. The van der Waals surface area contributed by atoms with E-state index in [1.165, 1.54) is 18.3 Å². The molecule has 2 atom stereocenters. The van der Waals surface area contributed by atoms with E-state index in [-0.39, 0.29) is 12.5 Å². The Morgan fingerprint density at radius 3 is 2.64 bits per heavy atom. The first-order valence-corrected chi connectivity index (χ1v) is 6.83. The molecular weight excluding hydrogens is 286 g/mol. The summed E-state index contributed by atoms with van der Waals surface area (Å²) in [6, 6.07) is 12.1. The van der Waals surface area contributed by atoms with Crippen LogP contribution in [0.4, 0.5) is 0 Å². The molecule has 1 fully saturated rings. The molecule has 0 saturated carbocycles. The maximum absolute atomic E-state index is 12.3. The van der Waals surface area contributed by atoms with Gasteiger partial charge in [0.1, 0.15) is 24.1 Å². The van der Waals surface area contributed by atoms with Gasteiger partial charge in [0.15, 0.2) is 0 Å². The van der Waals surface area contributed by atoms with Gasteiger partial charge in [-0.3, -0.25) is 9.59 Å². The minimum absolute atomic E-state index is 0.130. The summed E-state index contributed by atoms with van der Waals surface area (Å²) in [5, 5.41) is 0. The van der Waals surface area contributed by atoms with E-state index in [2.05, 4.69) is 4.74 Å². The van der Waals surface area contributed by atoms with Crippen LogP contribution in [0.2, 0.25) is 0 Å². The molecular formula is C16H15NO5. The molecule has 0 unspecified atom stereocenters. The monoisotopic (exact) mass is 301 g/mol. The van der Waals surface area contributed by atoms with Crippen molar-refractivity contribution in [2.45, 2.75) is 12.1 Å². The zero-order valence-corrected chi connectivity index (χ0v) is 12.0.